The lowest BCUT2D eigenvalue weighted by Gasteiger charge is -2.20. The van der Waals surface area contributed by atoms with Crippen LogP contribution in [0.15, 0.2) is 53.7 Å². The Hall–Kier alpha value is -4.47. The van der Waals surface area contributed by atoms with Gasteiger partial charge in [0.15, 0.2) is 0 Å². The van der Waals surface area contributed by atoms with Crippen LogP contribution < -0.4 is 5.32 Å². The van der Waals surface area contributed by atoms with Crippen molar-refractivity contribution in [3.63, 3.8) is 0 Å². The van der Waals surface area contributed by atoms with Gasteiger partial charge in [-0.15, -0.1) is 0 Å². The lowest BCUT2D eigenvalue weighted by atomic mass is 10.0. The van der Waals surface area contributed by atoms with Gasteiger partial charge in [-0.1, -0.05) is 93.4 Å². The molecule has 0 radical (unpaired) electrons. The molecule has 1 aliphatic rings. The van der Waals surface area contributed by atoms with E-state index in [0.29, 0.717) is 17.7 Å². The smallest absolute Gasteiger partial charge is 0.351 e. The van der Waals surface area contributed by atoms with Crippen LogP contribution in [-0.4, -0.2) is 57.4 Å². The van der Waals surface area contributed by atoms with Crippen molar-refractivity contribution in [1.82, 2.24) is 15.3 Å². The number of carbonyl (C=O) groups excluding carboxylic acids is 3. The van der Waals surface area contributed by atoms with Crippen LogP contribution in [0.3, 0.4) is 0 Å². The number of unbranched alkanes of at least 4 members (excludes halogenated alkanes) is 7. The van der Waals surface area contributed by atoms with Crippen molar-refractivity contribution in [3.8, 4) is 22.6 Å². The lowest BCUT2D eigenvalue weighted by Crippen LogP contribution is -2.34. The highest BCUT2D eigenvalue weighted by Gasteiger charge is 2.33. The number of rotatable bonds is 16. The fourth-order valence-electron chi connectivity index (χ4n) is 5.68. The Bertz CT molecular complexity index is 1610. The predicted molar refractivity (Wildman–Crippen MR) is 196 cm³/mol. The zero-order chi connectivity index (χ0) is 36.3. The fourth-order valence-corrected chi connectivity index (χ4v) is 5.68. The summed E-state index contributed by atoms with van der Waals surface area (Å²) in [7, 11) is 0. The summed E-state index contributed by atoms with van der Waals surface area (Å²) >= 11 is 0. The van der Waals surface area contributed by atoms with Crippen LogP contribution in [0.1, 0.15) is 128 Å². The number of oxime groups is 1. The third kappa shape index (κ3) is 11.8. The standard InChI is InChI=1S/C40H54N4O6/c1-8-9-10-11-12-13-14-15-16-31-35(28-19-23-30(24-20-28)37(46)41-26-34(45)48-39(2,3)4)43-36(42-31)29-21-17-27(18-22-29)32-25-33(50-44-32)38(47)49-40(5,6)7/h17-24,33H,8-16,25-26H2,1-7H3,(H,41,46)(H,42,43). The van der Waals surface area contributed by atoms with Gasteiger partial charge in [0.05, 0.1) is 11.4 Å². The lowest BCUT2D eigenvalue weighted by molar-refractivity contribution is -0.166. The molecule has 10 heteroatoms. The van der Waals surface area contributed by atoms with Gasteiger partial charge in [0.2, 0.25) is 6.10 Å². The van der Waals surface area contributed by atoms with E-state index in [4.69, 9.17) is 19.3 Å². The monoisotopic (exact) mass is 686 g/mol. The van der Waals surface area contributed by atoms with E-state index < -0.39 is 29.2 Å². The molecule has 2 N–H and O–H groups in total. The van der Waals surface area contributed by atoms with E-state index in [0.717, 1.165) is 53.2 Å². The Morgan fingerprint density at radius 2 is 1.38 bits per heavy atom. The second-order valence-corrected chi connectivity index (χ2v) is 14.9. The largest absolute Gasteiger partial charge is 0.459 e. The van der Waals surface area contributed by atoms with Crippen LogP contribution in [0, 0.1) is 0 Å². The third-order valence-electron chi connectivity index (χ3n) is 8.12. The van der Waals surface area contributed by atoms with Crippen molar-refractivity contribution < 1.29 is 28.7 Å². The number of hydrogen-bond donors (Lipinski definition) is 2. The molecule has 1 amide bonds. The summed E-state index contributed by atoms with van der Waals surface area (Å²) in [6.45, 7) is 12.9. The predicted octanol–water partition coefficient (Wildman–Crippen LogP) is 8.33. The van der Waals surface area contributed by atoms with Crippen LogP contribution in [0.5, 0.6) is 0 Å². The highest BCUT2D eigenvalue weighted by molar-refractivity contribution is 6.03. The Morgan fingerprint density at radius 3 is 2.00 bits per heavy atom. The van der Waals surface area contributed by atoms with Gasteiger partial charge >= 0.3 is 11.9 Å². The Balaban J connectivity index is 1.46. The van der Waals surface area contributed by atoms with Crippen molar-refractivity contribution in [2.45, 2.75) is 130 Å². The van der Waals surface area contributed by atoms with Gasteiger partial charge in [0.25, 0.3) is 5.91 Å². The normalized spacial score (nSPS) is 14.5. The number of aromatic amines is 1. The molecule has 50 heavy (non-hydrogen) atoms. The minimum absolute atomic E-state index is 0.202. The van der Waals surface area contributed by atoms with E-state index >= 15 is 0 Å². The molecule has 270 valence electrons. The molecule has 0 saturated carbocycles. The molecule has 1 aliphatic heterocycles. The number of esters is 2. The molecule has 1 unspecified atom stereocenters. The van der Waals surface area contributed by atoms with E-state index in [2.05, 4.69) is 22.4 Å². The minimum atomic E-state index is -0.752. The maximum Gasteiger partial charge on any atom is 0.351 e. The maximum atomic E-state index is 12.8. The summed E-state index contributed by atoms with van der Waals surface area (Å²) in [5.41, 5.74) is 4.50. The highest BCUT2D eigenvalue weighted by atomic mass is 16.7. The number of aromatic nitrogens is 2. The van der Waals surface area contributed by atoms with E-state index in [1.807, 2.05) is 57.2 Å². The number of nitrogens with one attached hydrogen (secondary N) is 2. The van der Waals surface area contributed by atoms with Crippen LogP contribution in [0.4, 0.5) is 0 Å². The molecule has 10 nitrogen and oxygen atoms in total. The van der Waals surface area contributed by atoms with Gasteiger partial charge < -0.3 is 24.6 Å². The topological polar surface area (TPSA) is 132 Å². The van der Waals surface area contributed by atoms with Crippen molar-refractivity contribution in [3.05, 3.63) is 65.4 Å². The fraction of sp³-hybridized carbons (Fsp3) is 0.525. The molecule has 1 aromatic heterocycles. The number of benzene rings is 2. The first-order valence-electron chi connectivity index (χ1n) is 18.0. The first kappa shape index (κ1) is 38.3. The number of imidazole rings is 1. The minimum Gasteiger partial charge on any atom is -0.459 e. The second-order valence-electron chi connectivity index (χ2n) is 14.9. The summed E-state index contributed by atoms with van der Waals surface area (Å²) in [4.78, 5) is 51.3. The SMILES string of the molecule is CCCCCCCCCCc1[nH]c(-c2ccc(C3=NOC(C(=O)OC(C)(C)C)C3)cc2)nc1-c1ccc(C(=O)NCC(=O)OC(C)(C)C)cc1. The highest BCUT2D eigenvalue weighted by Crippen LogP contribution is 2.29. The average molecular weight is 687 g/mol. The molecule has 0 bridgehead atoms. The van der Waals surface area contributed by atoms with Crippen molar-refractivity contribution in [1.29, 1.82) is 0 Å². The van der Waals surface area contributed by atoms with Crippen LogP contribution >= 0.6 is 0 Å². The molecule has 1 atom stereocenters. The molecule has 0 aliphatic carbocycles. The van der Waals surface area contributed by atoms with E-state index in [1.54, 1.807) is 32.9 Å². The van der Waals surface area contributed by atoms with Crippen molar-refractivity contribution in [2.75, 3.05) is 6.54 Å². The molecule has 0 fully saturated rings. The number of hydrogen-bond acceptors (Lipinski definition) is 8. The number of carbonyl (C=O) groups is 3. The van der Waals surface area contributed by atoms with Gasteiger partial charge in [-0.2, -0.15) is 0 Å². The van der Waals surface area contributed by atoms with Gasteiger partial charge in [0, 0.05) is 28.8 Å². The van der Waals surface area contributed by atoms with E-state index in [9.17, 15) is 14.4 Å². The number of ether oxygens (including phenoxy) is 2. The zero-order valence-corrected chi connectivity index (χ0v) is 30.8. The van der Waals surface area contributed by atoms with Crippen LogP contribution in [0.25, 0.3) is 22.6 Å². The van der Waals surface area contributed by atoms with Gasteiger partial charge in [-0.05, 0) is 72.1 Å². The summed E-state index contributed by atoms with van der Waals surface area (Å²) < 4.78 is 10.7. The summed E-state index contributed by atoms with van der Waals surface area (Å²) in [5, 5.41) is 6.80. The van der Waals surface area contributed by atoms with Crippen LogP contribution in [-0.2, 0) is 30.3 Å². The average Bonchev–Trinajstić information content (AvgIpc) is 3.72. The second kappa shape index (κ2) is 17.5. The molecule has 0 spiro atoms. The summed E-state index contributed by atoms with van der Waals surface area (Å²) in [5.74, 6) is -0.509. The Labute approximate surface area is 296 Å². The van der Waals surface area contributed by atoms with Crippen molar-refractivity contribution in [2.24, 2.45) is 5.16 Å². The third-order valence-corrected chi connectivity index (χ3v) is 8.12. The molecule has 0 saturated heterocycles. The number of nitrogens with zero attached hydrogens (tertiary/aromatic N) is 2. The van der Waals surface area contributed by atoms with Gasteiger partial charge in [-0.25, -0.2) is 9.78 Å². The first-order chi connectivity index (χ1) is 23.7. The zero-order valence-electron chi connectivity index (χ0n) is 30.8. The number of aryl methyl sites for hydroxylation is 1. The van der Waals surface area contributed by atoms with Crippen molar-refractivity contribution >= 4 is 23.6 Å². The molecule has 2 aromatic carbocycles. The van der Waals surface area contributed by atoms with Gasteiger partial charge in [-0.3, -0.25) is 9.59 Å². The molecular weight excluding hydrogens is 632 g/mol. The molecule has 2 heterocycles. The quantitative estimate of drug-likeness (QED) is 0.114. The number of amides is 1. The van der Waals surface area contributed by atoms with E-state index in [1.165, 1.54) is 38.5 Å². The Morgan fingerprint density at radius 1 is 0.800 bits per heavy atom. The number of H-pyrrole nitrogens is 1. The maximum absolute atomic E-state index is 12.8. The van der Waals surface area contributed by atoms with Crippen LogP contribution in [0.2, 0.25) is 0 Å². The summed E-state index contributed by atoms with van der Waals surface area (Å²) in [6, 6.07) is 15.2. The van der Waals surface area contributed by atoms with Gasteiger partial charge in [0.1, 0.15) is 23.6 Å². The Kier molecular flexibility index (Phi) is 13.4. The first-order valence-corrected chi connectivity index (χ1v) is 18.0. The van der Waals surface area contributed by atoms with E-state index in [-0.39, 0.29) is 12.5 Å². The summed E-state index contributed by atoms with van der Waals surface area (Å²) in [6.07, 6.45) is 10.3. The molecule has 4 rings (SSSR count). The molecular formula is C40H54N4O6. The molecule has 3 aromatic rings.